The van der Waals surface area contributed by atoms with E-state index in [1.54, 1.807) is 21.8 Å². The average Bonchev–Trinajstić information content (AvgIpc) is 2.92. The third-order valence-electron chi connectivity index (χ3n) is 4.47. The number of nitrogens with zero attached hydrogens (tertiary/aromatic N) is 4. The summed E-state index contributed by atoms with van der Waals surface area (Å²) in [5.41, 5.74) is 3.79. The van der Waals surface area contributed by atoms with E-state index in [9.17, 15) is 9.90 Å². The number of aliphatic hydroxyl groups excluding tert-OH is 1. The zero-order chi connectivity index (χ0) is 16.7. The first-order valence-corrected chi connectivity index (χ1v) is 7.99. The Morgan fingerprint density at radius 1 is 1.29 bits per heavy atom. The molecule has 1 aliphatic heterocycles. The molecule has 6 nitrogen and oxygen atoms in total. The molecule has 2 aromatic heterocycles. The van der Waals surface area contributed by atoms with Crippen LogP contribution in [0.3, 0.4) is 0 Å². The van der Waals surface area contributed by atoms with E-state index in [4.69, 9.17) is 0 Å². The van der Waals surface area contributed by atoms with E-state index in [0.717, 1.165) is 16.8 Å². The first-order chi connectivity index (χ1) is 11.6. The van der Waals surface area contributed by atoms with Crippen molar-refractivity contribution in [1.29, 1.82) is 0 Å². The number of aliphatic hydroxyl groups is 1. The fourth-order valence-electron chi connectivity index (χ4n) is 3.18. The van der Waals surface area contributed by atoms with E-state index in [1.165, 1.54) is 0 Å². The second-order valence-corrected chi connectivity index (χ2v) is 6.13. The van der Waals surface area contributed by atoms with Crippen molar-refractivity contribution in [2.75, 3.05) is 6.54 Å². The molecule has 0 saturated carbocycles. The molecule has 0 bridgehead atoms. The minimum atomic E-state index is -0.539. The van der Waals surface area contributed by atoms with E-state index >= 15 is 0 Å². The molecule has 0 radical (unpaired) electrons. The summed E-state index contributed by atoms with van der Waals surface area (Å²) < 4.78 is 1.61. The number of aryl methyl sites for hydroxylation is 1. The van der Waals surface area contributed by atoms with Crippen LogP contribution in [-0.4, -0.2) is 37.1 Å². The molecule has 0 aliphatic carbocycles. The van der Waals surface area contributed by atoms with Crippen molar-refractivity contribution < 1.29 is 9.90 Å². The zero-order valence-corrected chi connectivity index (χ0v) is 13.4. The van der Waals surface area contributed by atoms with Gasteiger partial charge in [0.25, 0.3) is 5.91 Å². The molecule has 122 valence electrons. The Hall–Kier alpha value is -2.73. The van der Waals surface area contributed by atoms with Crippen LogP contribution in [0.25, 0.3) is 5.65 Å². The van der Waals surface area contributed by atoms with Crippen LogP contribution < -0.4 is 0 Å². The van der Waals surface area contributed by atoms with E-state index in [1.807, 2.05) is 37.3 Å². The van der Waals surface area contributed by atoms with Gasteiger partial charge in [0.2, 0.25) is 0 Å². The monoisotopic (exact) mass is 322 g/mol. The molecule has 1 amide bonds. The van der Waals surface area contributed by atoms with Crippen LogP contribution in [0.2, 0.25) is 0 Å². The van der Waals surface area contributed by atoms with Gasteiger partial charge in [0.1, 0.15) is 5.56 Å². The SMILES string of the molecule is Cc1ccn2ncc(C(=O)N3CCC(O)c4ccccc4C3)c2n1. The maximum atomic E-state index is 13.0. The molecule has 0 fully saturated rings. The van der Waals surface area contributed by atoms with Crippen molar-refractivity contribution in [2.45, 2.75) is 26.0 Å². The summed E-state index contributed by atoms with van der Waals surface area (Å²) in [6.45, 7) is 2.87. The molecule has 1 aromatic carbocycles. The van der Waals surface area contributed by atoms with E-state index in [-0.39, 0.29) is 5.91 Å². The summed E-state index contributed by atoms with van der Waals surface area (Å²) in [6.07, 6.45) is 3.35. The average molecular weight is 322 g/mol. The van der Waals surface area contributed by atoms with Gasteiger partial charge in [-0.3, -0.25) is 4.79 Å². The molecule has 0 spiro atoms. The highest BCUT2D eigenvalue weighted by molar-refractivity contribution is 5.99. The topological polar surface area (TPSA) is 70.7 Å². The Balaban J connectivity index is 1.70. The van der Waals surface area contributed by atoms with Crippen LogP contribution in [0.1, 0.15) is 39.7 Å². The van der Waals surface area contributed by atoms with Crippen molar-refractivity contribution in [3.05, 3.63) is 65.1 Å². The largest absolute Gasteiger partial charge is 0.388 e. The lowest BCUT2D eigenvalue weighted by Crippen LogP contribution is -2.30. The smallest absolute Gasteiger partial charge is 0.259 e. The van der Waals surface area contributed by atoms with Gasteiger partial charge in [0, 0.05) is 25.0 Å². The van der Waals surface area contributed by atoms with Gasteiger partial charge in [-0.2, -0.15) is 5.10 Å². The normalized spacial score (nSPS) is 17.6. The standard InChI is InChI=1S/C18H18N4O2/c1-12-6-9-22-17(20-12)15(10-19-22)18(24)21-8-7-16(23)14-5-3-2-4-13(14)11-21/h2-6,9-10,16,23H,7-8,11H2,1H3. The number of aromatic nitrogens is 3. The highest BCUT2D eigenvalue weighted by atomic mass is 16.3. The first kappa shape index (κ1) is 14.8. The Morgan fingerprint density at radius 2 is 2.12 bits per heavy atom. The molecule has 24 heavy (non-hydrogen) atoms. The van der Waals surface area contributed by atoms with Gasteiger partial charge in [-0.1, -0.05) is 24.3 Å². The number of hydrogen-bond acceptors (Lipinski definition) is 4. The van der Waals surface area contributed by atoms with Crippen molar-refractivity contribution >= 4 is 11.6 Å². The predicted molar refractivity (Wildman–Crippen MR) is 88.5 cm³/mol. The van der Waals surface area contributed by atoms with Gasteiger partial charge < -0.3 is 10.0 Å². The summed E-state index contributed by atoms with van der Waals surface area (Å²) in [7, 11) is 0. The molecule has 1 N–H and O–H groups in total. The van der Waals surface area contributed by atoms with Crippen molar-refractivity contribution in [1.82, 2.24) is 19.5 Å². The van der Waals surface area contributed by atoms with E-state index in [0.29, 0.717) is 30.7 Å². The zero-order valence-electron chi connectivity index (χ0n) is 13.4. The molecular formula is C18H18N4O2. The number of amides is 1. The summed E-state index contributed by atoms with van der Waals surface area (Å²) in [5, 5.41) is 14.5. The Morgan fingerprint density at radius 3 is 3.00 bits per heavy atom. The van der Waals surface area contributed by atoms with Gasteiger partial charge in [0.15, 0.2) is 5.65 Å². The van der Waals surface area contributed by atoms with Crippen LogP contribution in [0.15, 0.2) is 42.7 Å². The molecule has 0 saturated heterocycles. The van der Waals surface area contributed by atoms with Gasteiger partial charge in [-0.15, -0.1) is 0 Å². The number of benzene rings is 1. The van der Waals surface area contributed by atoms with Crippen LogP contribution in [-0.2, 0) is 6.54 Å². The Bertz CT molecular complexity index is 918. The molecule has 3 heterocycles. The summed E-state index contributed by atoms with van der Waals surface area (Å²) >= 11 is 0. The maximum absolute atomic E-state index is 13.0. The molecule has 1 unspecified atom stereocenters. The van der Waals surface area contributed by atoms with Crippen LogP contribution in [0.4, 0.5) is 0 Å². The summed E-state index contributed by atoms with van der Waals surface area (Å²) in [4.78, 5) is 19.2. The first-order valence-electron chi connectivity index (χ1n) is 7.99. The van der Waals surface area contributed by atoms with Gasteiger partial charge in [-0.25, -0.2) is 9.50 Å². The highest BCUT2D eigenvalue weighted by Crippen LogP contribution is 2.27. The molecule has 1 aliphatic rings. The number of rotatable bonds is 1. The minimum absolute atomic E-state index is 0.105. The van der Waals surface area contributed by atoms with Crippen LogP contribution >= 0.6 is 0 Å². The quantitative estimate of drug-likeness (QED) is 0.745. The van der Waals surface area contributed by atoms with Gasteiger partial charge in [0.05, 0.1) is 12.3 Å². The molecule has 6 heteroatoms. The summed E-state index contributed by atoms with van der Waals surface area (Å²) in [6, 6.07) is 9.58. The number of fused-ring (bicyclic) bond motifs is 2. The Kier molecular flexibility index (Phi) is 3.54. The minimum Gasteiger partial charge on any atom is -0.388 e. The lowest BCUT2D eigenvalue weighted by molar-refractivity contribution is 0.0724. The van der Waals surface area contributed by atoms with E-state index < -0.39 is 6.10 Å². The van der Waals surface area contributed by atoms with Crippen LogP contribution in [0.5, 0.6) is 0 Å². The van der Waals surface area contributed by atoms with Gasteiger partial charge in [-0.05, 0) is 30.5 Å². The molecule has 4 rings (SSSR count). The number of hydrogen-bond donors (Lipinski definition) is 1. The highest BCUT2D eigenvalue weighted by Gasteiger charge is 2.26. The van der Waals surface area contributed by atoms with E-state index in [2.05, 4.69) is 10.1 Å². The fraction of sp³-hybridized carbons (Fsp3) is 0.278. The molecule has 1 atom stereocenters. The number of carbonyl (C=O) groups is 1. The lowest BCUT2D eigenvalue weighted by atomic mass is 10.0. The fourth-order valence-corrected chi connectivity index (χ4v) is 3.18. The van der Waals surface area contributed by atoms with Crippen LogP contribution in [0, 0.1) is 6.92 Å². The third-order valence-corrected chi connectivity index (χ3v) is 4.47. The third kappa shape index (κ3) is 2.45. The molecular weight excluding hydrogens is 304 g/mol. The maximum Gasteiger partial charge on any atom is 0.259 e. The lowest BCUT2D eigenvalue weighted by Gasteiger charge is -2.20. The van der Waals surface area contributed by atoms with Crippen molar-refractivity contribution in [2.24, 2.45) is 0 Å². The second kappa shape index (κ2) is 5.72. The second-order valence-electron chi connectivity index (χ2n) is 6.13. The Labute approximate surface area is 139 Å². The number of carbonyl (C=O) groups excluding carboxylic acids is 1. The van der Waals surface area contributed by atoms with Crippen molar-refractivity contribution in [3.63, 3.8) is 0 Å². The van der Waals surface area contributed by atoms with Gasteiger partial charge >= 0.3 is 0 Å². The summed E-state index contributed by atoms with van der Waals surface area (Å²) in [5.74, 6) is -0.105. The molecule has 3 aromatic rings. The van der Waals surface area contributed by atoms with Crippen molar-refractivity contribution in [3.8, 4) is 0 Å². The predicted octanol–water partition coefficient (Wildman–Crippen LogP) is 2.12.